The first kappa shape index (κ1) is 17.6. The smallest absolute Gasteiger partial charge is 0.330 e. The van der Waals surface area contributed by atoms with E-state index in [1.165, 1.54) is 11.6 Å². The van der Waals surface area contributed by atoms with Crippen molar-refractivity contribution in [3.8, 4) is 11.1 Å². The van der Waals surface area contributed by atoms with Crippen molar-refractivity contribution in [3.05, 3.63) is 70.2 Å². The van der Waals surface area contributed by atoms with Gasteiger partial charge in [0, 0.05) is 16.1 Å². The predicted molar refractivity (Wildman–Crippen MR) is 96.0 cm³/mol. The van der Waals surface area contributed by atoms with Crippen LogP contribution in [0.15, 0.2) is 54.6 Å². The predicted octanol–water partition coefficient (Wildman–Crippen LogP) is 5.71. The second-order valence-corrected chi connectivity index (χ2v) is 5.92. The number of halogens is 2. The highest BCUT2D eigenvalue weighted by Gasteiger charge is 2.02. The van der Waals surface area contributed by atoms with Gasteiger partial charge in [-0.15, -0.1) is 0 Å². The van der Waals surface area contributed by atoms with Gasteiger partial charge in [0.2, 0.25) is 0 Å². The second-order valence-electron chi connectivity index (χ2n) is 5.05. The van der Waals surface area contributed by atoms with E-state index in [0.29, 0.717) is 16.7 Å². The molecule has 0 spiro atoms. The number of hydrogen-bond donors (Lipinski definition) is 0. The lowest BCUT2D eigenvalue weighted by Gasteiger charge is -2.05. The third-order valence-corrected chi connectivity index (χ3v) is 3.73. The molecule has 0 saturated heterocycles. The van der Waals surface area contributed by atoms with Crippen LogP contribution in [0.25, 0.3) is 11.1 Å². The molecular formula is C19H18Cl2O2. The Morgan fingerprint density at radius 1 is 1.04 bits per heavy atom. The summed E-state index contributed by atoms with van der Waals surface area (Å²) in [6, 6.07) is 13.7. The Morgan fingerprint density at radius 2 is 1.70 bits per heavy atom. The molecular weight excluding hydrogens is 331 g/mol. The standard InChI is InChI=1S/C19H18Cl2O2/c1-2-23-19(22)6-4-3-5-14-7-9-15(10-8-14)16-11-17(20)13-18(21)12-16/h4,6-13H,2-3,5H2,1H3/b6-4+. The van der Waals surface area contributed by atoms with Crippen molar-refractivity contribution in [2.45, 2.75) is 19.8 Å². The number of carbonyl (C=O) groups excluding carboxylic acids is 1. The molecule has 120 valence electrons. The highest BCUT2D eigenvalue weighted by molar-refractivity contribution is 6.35. The highest BCUT2D eigenvalue weighted by atomic mass is 35.5. The zero-order valence-corrected chi connectivity index (χ0v) is 14.4. The van der Waals surface area contributed by atoms with E-state index in [9.17, 15) is 4.79 Å². The third-order valence-electron chi connectivity index (χ3n) is 3.29. The summed E-state index contributed by atoms with van der Waals surface area (Å²) in [4.78, 5) is 11.2. The van der Waals surface area contributed by atoms with Crippen molar-refractivity contribution in [1.82, 2.24) is 0 Å². The van der Waals surface area contributed by atoms with E-state index in [1.54, 1.807) is 13.0 Å². The van der Waals surface area contributed by atoms with Crippen molar-refractivity contribution in [2.75, 3.05) is 6.61 Å². The summed E-state index contributed by atoms with van der Waals surface area (Å²) < 4.78 is 4.83. The number of benzene rings is 2. The summed E-state index contributed by atoms with van der Waals surface area (Å²) >= 11 is 12.1. The number of rotatable bonds is 6. The van der Waals surface area contributed by atoms with E-state index in [4.69, 9.17) is 27.9 Å². The van der Waals surface area contributed by atoms with E-state index >= 15 is 0 Å². The first-order valence-corrected chi connectivity index (χ1v) is 8.23. The molecule has 2 aromatic carbocycles. The zero-order chi connectivity index (χ0) is 16.7. The lowest BCUT2D eigenvalue weighted by atomic mass is 10.0. The van der Waals surface area contributed by atoms with E-state index in [0.717, 1.165) is 24.0 Å². The fraction of sp³-hybridized carbons (Fsp3) is 0.211. The van der Waals surface area contributed by atoms with Crippen molar-refractivity contribution in [1.29, 1.82) is 0 Å². The van der Waals surface area contributed by atoms with Gasteiger partial charge in [-0.05, 0) is 54.7 Å². The third kappa shape index (κ3) is 5.74. The first-order chi connectivity index (χ1) is 11.1. The average Bonchev–Trinajstić information content (AvgIpc) is 2.51. The average molecular weight is 349 g/mol. The number of aryl methyl sites for hydroxylation is 1. The van der Waals surface area contributed by atoms with Gasteiger partial charge in [-0.2, -0.15) is 0 Å². The van der Waals surface area contributed by atoms with Gasteiger partial charge in [0.05, 0.1) is 6.61 Å². The normalized spacial score (nSPS) is 10.9. The molecule has 0 aliphatic carbocycles. The van der Waals surface area contributed by atoms with Crippen LogP contribution in [0.4, 0.5) is 0 Å². The molecule has 0 aliphatic heterocycles. The minimum Gasteiger partial charge on any atom is -0.463 e. The molecule has 2 rings (SSSR count). The van der Waals surface area contributed by atoms with Gasteiger partial charge in [0.1, 0.15) is 0 Å². The number of carbonyl (C=O) groups is 1. The first-order valence-electron chi connectivity index (χ1n) is 7.47. The Kier molecular flexibility index (Phi) is 6.69. The molecule has 0 aliphatic rings. The minimum absolute atomic E-state index is 0.291. The van der Waals surface area contributed by atoms with Gasteiger partial charge in [-0.25, -0.2) is 4.79 Å². The van der Waals surface area contributed by atoms with Crippen LogP contribution in [0.5, 0.6) is 0 Å². The molecule has 0 amide bonds. The summed E-state index contributed by atoms with van der Waals surface area (Å²) in [5.74, 6) is -0.291. The molecule has 0 fully saturated rings. The fourth-order valence-electron chi connectivity index (χ4n) is 2.20. The maximum Gasteiger partial charge on any atom is 0.330 e. The summed E-state index contributed by atoms with van der Waals surface area (Å²) in [6.45, 7) is 2.19. The molecule has 0 saturated carbocycles. The molecule has 0 bridgehead atoms. The zero-order valence-electron chi connectivity index (χ0n) is 12.9. The van der Waals surface area contributed by atoms with E-state index in [1.807, 2.05) is 30.3 Å². The maximum atomic E-state index is 11.2. The van der Waals surface area contributed by atoms with E-state index in [-0.39, 0.29) is 5.97 Å². The molecule has 0 atom stereocenters. The van der Waals surface area contributed by atoms with Crippen LogP contribution >= 0.6 is 23.2 Å². The van der Waals surface area contributed by atoms with Crippen LogP contribution in [-0.2, 0) is 16.0 Å². The van der Waals surface area contributed by atoms with E-state index < -0.39 is 0 Å². The lowest BCUT2D eigenvalue weighted by Crippen LogP contribution is -1.98. The van der Waals surface area contributed by atoms with E-state index in [2.05, 4.69) is 12.1 Å². The minimum atomic E-state index is -0.291. The molecule has 0 N–H and O–H groups in total. The highest BCUT2D eigenvalue weighted by Crippen LogP contribution is 2.27. The molecule has 0 aromatic heterocycles. The Morgan fingerprint density at radius 3 is 2.30 bits per heavy atom. The van der Waals surface area contributed by atoms with Gasteiger partial charge >= 0.3 is 5.97 Å². The molecule has 0 radical (unpaired) electrons. The van der Waals surface area contributed by atoms with Gasteiger partial charge < -0.3 is 4.74 Å². The van der Waals surface area contributed by atoms with Crippen LogP contribution in [0.1, 0.15) is 18.9 Å². The van der Waals surface area contributed by atoms with Gasteiger partial charge in [0.15, 0.2) is 0 Å². The van der Waals surface area contributed by atoms with Crippen LogP contribution in [0.2, 0.25) is 10.0 Å². The van der Waals surface area contributed by atoms with Crippen LogP contribution in [0, 0.1) is 0 Å². The summed E-state index contributed by atoms with van der Waals surface area (Å²) in [5.41, 5.74) is 3.27. The Bertz CT molecular complexity index is 671. The number of hydrogen-bond acceptors (Lipinski definition) is 2. The summed E-state index contributed by atoms with van der Waals surface area (Å²) in [7, 11) is 0. The topological polar surface area (TPSA) is 26.3 Å². The monoisotopic (exact) mass is 348 g/mol. The van der Waals surface area contributed by atoms with Crippen LogP contribution in [-0.4, -0.2) is 12.6 Å². The fourth-order valence-corrected chi connectivity index (χ4v) is 2.73. The number of allylic oxidation sites excluding steroid dienone is 1. The molecule has 0 heterocycles. The van der Waals surface area contributed by atoms with Gasteiger partial charge in [0.25, 0.3) is 0 Å². The molecule has 2 nitrogen and oxygen atoms in total. The largest absolute Gasteiger partial charge is 0.463 e. The van der Waals surface area contributed by atoms with Crippen LogP contribution in [0.3, 0.4) is 0 Å². The van der Waals surface area contributed by atoms with Gasteiger partial charge in [-0.1, -0.05) is 53.5 Å². The SMILES string of the molecule is CCOC(=O)/C=C/CCc1ccc(-c2cc(Cl)cc(Cl)c2)cc1. The van der Waals surface area contributed by atoms with Crippen molar-refractivity contribution in [2.24, 2.45) is 0 Å². The molecule has 23 heavy (non-hydrogen) atoms. The Hall–Kier alpha value is -1.77. The molecule has 0 unspecified atom stereocenters. The van der Waals surface area contributed by atoms with Crippen LogP contribution < -0.4 is 0 Å². The number of esters is 1. The quantitative estimate of drug-likeness (QED) is 0.493. The summed E-state index contributed by atoms with van der Waals surface area (Å²) in [6.07, 6.45) is 4.97. The second kappa shape index (κ2) is 8.76. The van der Waals surface area contributed by atoms with Crippen molar-refractivity contribution in [3.63, 3.8) is 0 Å². The molecule has 2 aromatic rings. The summed E-state index contributed by atoms with van der Waals surface area (Å²) in [5, 5.41) is 1.25. The molecule has 4 heteroatoms. The number of ether oxygens (including phenoxy) is 1. The maximum absolute atomic E-state index is 11.2. The lowest BCUT2D eigenvalue weighted by molar-refractivity contribution is -0.137. The van der Waals surface area contributed by atoms with Crippen molar-refractivity contribution >= 4 is 29.2 Å². The van der Waals surface area contributed by atoms with Gasteiger partial charge in [-0.3, -0.25) is 0 Å². The Balaban J connectivity index is 1.96. The van der Waals surface area contributed by atoms with Crippen molar-refractivity contribution < 1.29 is 9.53 Å². The Labute approximate surface area is 146 Å².